The van der Waals surface area contributed by atoms with Crippen molar-refractivity contribution in [3.63, 3.8) is 0 Å². The van der Waals surface area contributed by atoms with E-state index in [1.54, 1.807) is 10.6 Å². The molecule has 0 amide bonds. The molecule has 0 saturated heterocycles. The number of nitrogens with two attached hydrogens (primary N) is 1. The number of hydrogen-bond acceptors (Lipinski definition) is 3. The third kappa shape index (κ3) is 4.40. The molecule has 0 bridgehead atoms. The third-order valence-corrected chi connectivity index (χ3v) is 3.51. The van der Waals surface area contributed by atoms with Gasteiger partial charge in [-0.15, -0.1) is 0 Å². The standard InChI is InChI=1S/C15H25N3O2/c1-3-4-5-6-7-8-11-18-12(2)9-10-13(15(18)19)14(16)17-20/h9-10,20H,3-8,11H2,1-2H3,(H2,16,17). The quantitative estimate of drug-likeness (QED) is 0.252. The van der Waals surface area contributed by atoms with Crippen molar-refractivity contribution in [2.45, 2.75) is 58.9 Å². The largest absolute Gasteiger partial charge is 0.409 e. The Morgan fingerprint density at radius 1 is 1.25 bits per heavy atom. The topological polar surface area (TPSA) is 80.6 Å². The molecule has 0 radical (unpaired) electrons. The second kappa shape index (κ2) is 8.40. The third-order valence-electron chi connectivity index (χ3n) is 3.51. The average molecular weight is 279 g/mol. The number of nitrogens with zero attached hydrogens (tertiary/aromatic N) is 2. The summed E-state index contributed by atoms with van der Waals surface area (Å²) < 4.78 is 1.70. The lowest BCUT2D eigenvalue weighted by Gasteiger charge is -2.11. The number of amidine groups is 1. The van der Waals surface area contributed by atoms with Crippen LogP contribution in [0, 0.1) is 6.92 Å². The zero-order chi connectivity index (χ0) is 15.0. The van der Waals surface area contributed by atoms with E-state index < -0.39 is 0 Å². The lowest BCUT2D eigenvalue weighted by atomic mass is 10.1. The first-order chi connectivity index (χ1) is 9.61. The summed E-state index contributed by atoms with van der Waals surface area (Å²) in [5.74, 6) is -0.133. The van der Waals surface area contributed by atoms with Gasteiger partial charge in [0.25, 0.3) is 5.56 Å². The maximum absolute atomic E-state index is 12.2. The predicted octanol–water partition coefficient (Wildman–Crippen LogP) is 2.61. The van der Waals surface area contributed by atoms with Gasteiger partial charge in [-0.1, -0.05) is 44.2 Å². The predicted molar refractivity (Wildman–Crippen MR) is 81.3 cm³/mol. The molecule has 1 aromatic rings. The van der Waals surface area contributed by atoms with Crippen molar-refractivity contribution in [3.8, 4) is 0 Å². The van der Waals surface area contributed by atoms with Gasteiger partial charge in [0, 0.05) is 12.2 Å². The molecule has 20 heavy (non-hydrogen) atoms. The lowest BCUT2D eigenvalue weighted by molar-refractivity contribution is 0.318. The Balaban J connectivity index is 2.68. The fourth-order valence-corrected chi connectivity index (χ4v) is 2.25. The van der Waals surface area contributed by atoms with Crippen LogP contribution in [0.1, 0.15) is 56.7 Å². The van der Waals surface area contributed by atoms with E-state index in [0.29, 0.717) is 6.54 Å². The first-order valence-corrected chi connectivity index (χ1v) is 7.30. The van der Waals surface area contributed by atoms with Crippen LogP contribution < -0.4 is 11.3 Å². The number of aromatic nitrogens is 1. The van der Waals surface area contributed by atoms with Gasteiger partial charge in [0.15, 0.2) is 5.84 Å². The molecule has 5 heteroatoms. The molecule has 0 aliphatic heterocycles. The van der Waals surface area contributed by atoms with Crippen molar-refractivity contribution in [3.05, 3.63) is 33.7 Å². The maximum Gasteiger partial charge on any atom is 0.261 e. The fraction of sp³-hybridized carbons (Fsp3) is 0.600. The van der Waals surface area contributed by atoms with E-state index in [9.17, 15) is 4.79 Å². The van der Waals surface area contributed by atoms with Crippen LogP contribution in [0.2, 0.25) is 0 Å². The second-order valence-corrected chi connectivity index (χ2v) is 5.10. The van der Waals surface area contributed by atoms with Gasteiger partial charge in [0.05, 0.1) is 5.56 Å². The van der Waals surface area contributed by atoms with Gasteiger partial charge >= 0.3 is 0 Å². The molecule has 1 aromatic heterocycles. The minimum atomic E-state index is -0.186. The number of unbranched alkanes of at least 4 members (excludes halogenated alkanes) is 5. The minimum Gasteiger partial charge on any atom is -0.409 e. The molecule has 1 rings (SSSR count). The summed E-state index contributed by atoms with van der Waals surface area (Å²) in [5, 5.41) is 11.6. The molecule has 0 fully saturated rings. The van der Waals surface area contributed by atoms with E-state index in [0.717, 1.165) is 18.5 Å². The first kappa shape index (κ1) is 16.3. The first-order valence-electron chi connectivity index (χ1n) is 7.30. The smallest absolute Gasteiger partial charge is 0.261 e. The van der Waals surface area contributed by atoms with Gasteiger partial charge in [-0.3, -0.25) is 4.79 Å². The highest BCUT2D eigenvalue weighted by molar-refractivity contribution is 5.96. The molecule has 0 unspecified atom stereocenters. The Morgan fingerprint density at radius 2 is 1.90 bits per heavy atom. The van der Waals surface area contributed by atoms with Crippen molar-refractivity contribution in [2.75, 3.05) is 0 Å². The maximum atomic E-state index is 12.2. The van der Waals surface area contributed by atoms with Crippen molar-refractivity contribution in [2.24, 2.45) is 10.9 Å². The minimum absolute atomic E-state index is 0.133. The number of hydrogen-bond donors (Lipinski definition) is 2. The average Bonchev–Trinajstić information content (AvgIpc) is 2.45. The lowest BCUT2D eigenvalue weighted by Crippen LogP contribution is -2.31. The van der Waals surface area contributed by atoms with Crippen LogP contribution in [0.15, 0.2) is 22.1 Å². The summed E-state index contributed by atoms with van der Waals surface area (Å²) in [6.07, 6.45) is 7.08. The molecule has 5 nitrogen and oxygen atoms in total. The van der Waals surface area contributed by atoms with Crippen molar-refractivity contribution < 1.29 is 5.21 Å². The number of aryl methyl sites for hydroxylation is 1. The Labute approximate surface area is 120 Å². The van der Waals surface area contributed by atoms with Crippen LogP contribution in [-0.4, -0.2) is 15.6 Å². The van der Waals surface area contributed by atoms with Crippen molar-refractivity contribution >= 4 is 5.84 Å². The Hall–Kier alpha value is -1.78. The second-order valence-electron chi connectivity index (χ2n) is 5.10. The molecule has 0 aliphatic carbocycles. The number of oxime groups is 1. The Kier molecular flexibility index (Phi) is 6.84. The summed E-state index contributed by atoms with van der Waals surface area (Å²) in [5.41, 5.74) is 6.48. The van der Waals surface area contributed by atoms with Crippen LogP contribution in [0.3, 0.4) is 0 Å². The summed E-state index contributed by atoms with van der Waals surface area (Å²) in [6.45, 7) is 4.78. The molecule has 1 heterocycles. The van der Waals surface area contributed by atoms with Gasteiger partial charge in [0.2, 0.25) is 0 Å². The fourth-order valence-electron chi connectivity index (χ4n) is 2.25. The van der Waals surface area contributed by atoms with Gasteiger partial charge in [-0.05, 0) is 25.5 Å². The van der Waals surface area contributed by atoms with Crippen LogP contribution in [-0.2, 0) is 6.54 Å². The number of rotatable bonds is 8. The van der Waals surface area contributed by atoms with E-state index in [2.05, 4.69) is 12.1 Å². The van der Waals surface area contributed by atoms with Crippen LogP contribution in [0.5, 0.6) is 0 Å². The van der Waals surface area contributed by atoms with E-state index in [1.165, 1.54) is 25.7 Å². The molecule has 0 spiro atoms. The van der Waals surface area contributed by atoms with Gasteiger partial charge in [0.1, 0.15) is 0 Å². The Bertz CT molecular complexity index is 506. The zero-order valence-corrected chi connectivity index (χ0v) is 12.4. The molecule has 112 valence electrons. The highest BCUT2D eigenvalue weighted by atomic mass is 16.4. The molecule has 0 saturated carbocycles. The molecule has 0 atom stereocenters. The van der Waals surface area contributed by atoms with Crippen LogP contribution >= 0.6 is 0 Å². The van der Waals surface area contributed by atoms with Crippen molar-refractivity contribution in [1.82, 2.24) is 4.57 Å². The summed E-state index contributed by atoms with van der Waals surface area (Å²) in [4.78, 5) is 12.2. The summed E-state index contributed by atoms with van der Waals surface area (Å²) >= 11 is 0. The van der Waals surface area contributed by atoms with Gasteiger partial charge < -0.3 is 15.5 Å². The summed E-state index contributed by atoms with van der Waals surface area (Å²) in [7, 11) is 0. The summed E-state index contributed by atoms with van der Waals surface area (Å²) in [6, 6.07) is 3.43. The van der Waals surface area contributed by atoms with Crippen molar-refractivity contribution in [1.29, 1.82) is 0 Å². The molecule has 0 aromatic carbocycles. The van der Waals surface area contributed by atoms with E-state index in [1.807, 2.05) is 13.0 Å². The molecule has 0 aliphatic rings. The number of pyridine rings is 1. The molecule has 3 N–H and O–H groups in total. The normalized spacial score (nSPS) is 11.8. The van der Waals surface area contributed by atoms with Crippen LogP contribution in [0.25, 0.3) is 0 Å². The van der Waals surface area contributed by atoms with E-state index >= 15 is 0 Å². The SMILES string of the molecule is CCCCCCCCn1c(C)ccc(/C(N)=N/O)c1=O. The molecular weight excluding hydrogens is 254 g/mol. The van der Waals surface area contributed by atoms with Gasteiger partial charge in [-0.2, -0.15) is 0 Å². The molecular formula is C15H25N3O2. The highest BCUT2D eigenvalue weighted by Crippen LogP contribution is 2.07. The van der Waals surface area contributed by atoms with E-state index in [4.69, 9.17) is 10.9 Å². The zero-order valence-electron chi connectivity index (χ0n) is 12.4. The van der Waals surface area contributed by atoms with E-state index in [-0.39, 0.29) is 17.0 Å². The highest BCUT2D eigenvalue weighted by Gasteiger charge is 2.09. The van der Waals surface area contributed by atoms with Gasteiger partial charge in [-0.25, -0.2) is 0 Å². The Morgan fingerprint density at radius 3 is 2.55 bits per heavy atom. The van der Waals surface area contributed by atoms with Crippen LogP contribution in [0.4, 0.5) is 0 Å². The monoisotopic (exact) mass is 279 g/mol.